The maximum absolute atomic E-state index is 11.3. The Bertz CT molecular complexity index is 471. The lowest BCUT2D eigenvalue weighted by molar-refractivity contribution is -0.386. The lowest BCUT2D eigenvalue weighted by atomic mass is 10.1. The van der Waals surface area contributed by atoms with Crippen LogP contribution < -0.4 is 0 Å². The number of halogens is 1. The summed E-state index contributed by atoms with van der Waals surface area (Å²) in [5.41, 5.74) is -0.528. The number of carbonyl (C=O) groups excluding carboxylic acids is 2. The average molecular weight is 288 g/mol. The molecule has 0 aromatic heterocycles. The monoisotopic (exact) mass is 287 g/mol. The summed E-state index contributed by atoms with van der Waals surface area (Å²) in [6, 6.07) is 2.37. The quantitative estimate of drug-likeness (QED) is 0.367. The predicted octanol–water partition coefficient (Wildman–Crippen LogP) is 1.96. The highest BCUT2D eigenvalue weighted by Gasteiger charge is 2.25. The number of hydrogen-bond acceptors (Lipinski definition) is 5. The maximum Gasteiger partial charge on any atom is 0.344 e. The lowest BCUT2D eigenvalue weighted by Gasteiger charge is -2.03. The summed E-state index contributed by atoms with van der Waals surface area (Å²) < 4.78 is 4.46. The number of nitro benzene ring substituents is 1. The Labute approximate surface area is 98.5 Å². The minimum atomic E-state index is -0.865. The van der Waals surface area contributed by atoms with Gasteiger partial charge in [-0.1, -0.05) is 0 Å². The van der Waals surface area contributed by atoms with E-state index >= 15 is 0 Å². The van der Waals surface area contributed by atoms with Crippen molar-refractivity contribution in [2.45, 2.75) is 0 Å². The second-order valence-electron chi connectivity index (χ2n) is 2.77. The highest BCUT2D eigenvalue weighted by Crippen LogP contribution is 2.30. The first kappa shape index (κ1) is 12.3. The number of hydrogen-bond donors (Lipinski definition) is 0. The van der Waals surface area contributed by atoms with E-state index in [1.807, 2.05) is 0 Å². The molecule has 0 heterocycles. The van der Waals surface area contributed by atoms with Gasteiger partial charge in [-0.15, -0.1) is 0 Å². The Morgan fingerprint density at radius 1 is 1.56 bits per heavy atom. The molecule has 0 spiro atoms. The van der Waals surface area contributed by atoms with Crippen molar-refractivity contribution >= 4 is 33.9 Å². The van der Waals surface area contributed by atoms with Crippen molar-refractivity contribution in [3.63, 3.8) is 0 Å². The summed E-state index contributed by atoms with van der Waals surface area (Å²) in [5, 5.41) is 10.7. The number of methoxy groups -OCH3 is 1. The molecule has 1 aromatic carbocycles. The molecule has 0 saturated carbocycles. The van der Waals surface area contributed by atoms with Gasteiger partial charge in [0.2, 0.25) is 0 Å². The van der Waals surface area contributed by atoms with Crippen molar-refractivity contribution in [3.8, 4) is 0 Å². The second-order valence-corrected chi connectivity index (χ2v) is 3.62. The van der Waals surface area contributed by atoms with E-state index in [1.165, 1.54) is 6.07 Å². The van der Waals surface area contributed by atoms with E-state index in [1.54, 1.807) is 0 Å². The SMILES string of the molecule is COC(=O)c1cc(C=O)cc(Br)c1[N+](=O)[O-]. The first-order valence-corrected chi connectivity index (χ1v) is 4.82. The average Bonchev–Trinajstić information content (AvgIpc) is 2.26. The Balaban J connectivity index is 3.52. The van der Waals surface area contributed by atoms with E-state index in [4.69, 9.17) is 0 Å². The molecule has 0 saturated heterocycles. The van der Waals surface area contributed by atoms with Crippen molar-refractivity contribution in [2.75, 3.05) is 7.11 Å². The Hall–Kier alpha value is -1.76. The Morgan fingerprint density at radius 3 is 2.62 bits per heavy atom. The number of rotatable bonds is 3. The number of nitro groups is 1. The third kappa shape index (κ3) is 2.25. The number of nitrogens with zero attached hydrogens (tertiary/aromatic N) is 1. The molecule has 0 aliphatic carbocycles. The van der Waals surface area contributed by atoms with Crippen molar-refractivity contribution in [1.29, 1.82) is 0 Å². The Morgan fingerprint density at radius 2 is 2.19 bits per heavy atom. The normalized spacial score (nSPS) is 9.62. The molecule has 0 fully saturated rings. The van der Waals surface area contributed by atoms with Crippen LogP contribution in [-0.2, 0) is 4.74 Å². The summed E-state index contributed by atoms with van der Waals surface area (Å²) in [5.74, 6) is -0.865. The van der Waals surface area contributed by atoms with Crippen LogP contribution in [-0.4, -0.2) is 24.3 Å². The molecule has 0 amide bonds. The molecule has 0 radical (unpaired) electrons. The van der Waals surface area contributed by atoms with Gasteiger partial charge in [0, 0.05) is 5.56 Å². The minimum absolute atomic E-state index is 0.0579. The zero-order chi connectivity index (χ0) is 12.3. The number of ether oxygens (including phenoxy) is 1. The lowest BCUT2D eigenvalue weighted by Crippen LogP contribution is -2.07. The molecule has 0 atom stereocenters. The molecule has 0 bridgehead atoms. The molecule has 6 nitrogen and oxygen atoms in total. The minimum Gasteiger partial charge on any atom is -0.465 e. The predicted molar refractivity (Wildman–Crippen MR) is 57.5 cm³/mol. The van der Waals surface area contributed by atoms with Gasteiger partial charge in [-0.2, -0.15) is 0 Å². The smallest absolute Gasteiger partial charge is 0.344 e. The molecular formula is C9H6BrNO5. The molecule has 84 valence electrons. The number of esters is 1. The zero-order valence-electron chi connectivity index (χ0n) is 8.10. The van der Waals surface area contributed by atoms with Gasteiger partial charge in [0.25, 0.3) is 5.69 Å². The molecule has 16 heavy (non-hydrogen) atoms. The van der Waals surface area contributed by atoms with Crippen molar-refractivity contribution < 1.29 is 19.2 Å². The van der Waals surface area contributed by atoms with Crippen molar-refractivity contribution in [2.24, 2.45) is 0 Å². The van der Waals surface area contributed by atoms with Gasteiger partial charge in [-0.05, 0) is 28.1 Å². The van der Waals surface area contributed by atoms with E-state index in [0.29, 0.717) is 6.29 Å². The first-order chi connectivity index (χ1) is 7.51. The number of aldehydes is 1. The van der Waals surface area contributed by atoms with Gasteiger partial charge < -0.3 is 4.74 Å². The summed E-state index contributed by atoms with van der Waals surface area (Å²) in [4.78, 5) is 31.9. The molecule has 1 aromatic rings. The highest BCUT2D eigenvalue weighted by atomic mass is 79.9. The fourth-order valence-electron chi connectivity index (χ4n) is 1.14. The highest BCUT2D eigenvalue weighted by molar-refractivity contribution is 9.10. The fourth-order valence-corrected chi connectivity index (χ4v) is 1.76. The van der Waals surface area contributed by atoms with Gasteiger partial charge in [0.1, 0.15) is 11.8 Å². The third-order valence-corrected chi connectivity index (χ3v) is 2.41. The van der Waals surface area contributed by atoms with Gasteiger partial charge >= 0.3 is 5.97 Å². The van der Waals surface area contributed by atoms with Crippen LogP contribution in [0.15, 0.2) is 16.6 Å². The van der Waals surface area contributed by atoms with E-state index in [-0.39, 0.29) is 15.6 Å². The molecule has 1 rings (SSSR count). The van der Waals surface area contributed by atoms with Gasteiger partial charge in [-0.25, -0.2) is 4.79 Å². The summed E-state index contributed by atoms with van der Waals surface area (Å²) in [6.45, 7) is 0. The van der Waals surface area contributed by atoms with Crippen LogP contribution in [0.5, 0.6) is 0 Å². The first-order valence-electron chi connectivity index (χ1n) is 4.02. The van der Waals surface area contributed by atoms with Crippen LogP contribution >= 0.6 is 15.9 Å². The third-order valence-electron chi connectivity index (χ3n) is 1.81. The van der Waals surface area contributed by atoms with Crippen LogP contribution in [0.25, 0.3) is 0 Å². The van der Waals surface area contributed by atoms with E-state index in [0.717, 1.165) is 13.2 Å². The molecule has 0 aliphatic rings. The zero-order valence-corrected chi connectivity index (χ0v) is 9.68. The molecule has 0 aliphatic heterocycles. The molecule has 0 unspecified atom stereocenters. The largest absolute Gasteiger partial charge is 0.465 e. The van der Waals surface area contributed by atoms with Crippen LogP contribution in [0.4, 0.5) is 5.69 Å². The van der Waals surface area contributed by atoms with Gasteiger partial charge in [0.15, 0.2) is 0 Å². The van der Waals surface area contributed by atoms with E-state index in [2.05, 4.69) is 20.7 Å². The summed E-state index contributed by atoms with van der Waals surface area (Å²) >= 11 is 2.93. The second kappa shape index (κ2) is 4.84. The van der Waals surface area contributed by atoms with Crippen LogP contribution in [0, 0.1) is 10.1 Å². The fraction of sp³-hybridized carbons (Fsp3) is 0.111. The molecule has 0 N–H and O–H groups in total. The number of benzene rings is 1. The van der Waals surface area contributed by atoms with Crippen LogP contribution in [0.1, 0.15) is 20.7 Å². The maximum atomic E-state index is 11.3. The van der Waals surface area contributed by atoms with E-state index in [9.17, 15) is 19.7 Å². The standard InChI is InChI=1S/C9H6BrNO5/c1-16-9(13)6-2-5(4-12)3-7(10)8(6)11(14)15/h2-4H,1H3. The van der Waals surface area contributed by atoms with Gasteiger partial charge in [0.05, 0.1) is 16.5 Å². The van der Waals surface area contributed by atoms with Crippen LogP contribution in [0.3, 0.4) is 0 Å². The Kier molecular flexibility index (Phi) is 3.73. The van der Waals surface area contributed by atoms with Crippen molar-refractivity contribution in [3.05, 3.63) is 37.8 Å². The molecular weight excluding hydrogens is 282 g/mol. The summed E-state index contributed by atoms with van der Waals surface area (Å²) in [7, 11) is 1.10. The van der Waals surface area contributed by atoms with E-state index < -0.39 is 16.6 Å². The molecule has 7 heteroatoms. The van der Waals surface area contributed by atoms with Crippen LogP contribution in [0.2, 0.25) is 0 Å². The van der Waals surface area contributed by atoms with Gasteiger partial charge in [-0.3, -0.25) is 14.9 Å². The number of carbonyl (C=O) groups is 2. The topological polar surface area (TPSA) is 86.5 Å². The summed E-state index contributed by atoms with van der Waals surface area (Å²) in [6.07, 6.45) is 0.487. The van der Waals surface area contributed by atoms with Crippen molar-refractivity contribution in [1.82, 2.24) is 0 Å².